The number of furan rings is 1. The molecule has 6 aromatic carbocycles. The number of aromatic nitrogens is 2. The van der Waals surface area contributed by atoms with Gasteiger partial charge >= 0.3 is 6.85 Å². The van der Waals surface area contributed by atoms with Crippen LogP contribution in [0.2, 0.25) is 0 Å². The van der Waals surface area contributed by atoms with Crippen LogP contribution in [0.25, 0.3) is 82.4 Å². The molecule has 0 N–H and O–H groups in total. The van der Waals surface area contributed by atoms with E-state index in [1.807, 2.05) is 0 Å². The molecule has 0 amide bonds. The Morgan fingerprint density at radius 3 is 2.08 bits per heavy atom. The molecule has 3 nitrogen and oxygen atoms in total. The van der Waals surface area contributed by atoms with Gasteiger partial charge in [-0.05, 0) is 41.4 Å². The highest BCUT2D eigenvalue weighted by molar-refractivity contribution is 6.91. The maximum absolute atomic E-state index is 6.79. The minimum atomic E-state index is -0.00734. The average Bonchev–Trinajstić information content (AvgIpc) is 3.67. The van der Waals surface area contributed by atoms with Crippen LogP contribution >= 0.6 is 0 Å². The molecule has 0 atom stereocenters. The summed E-state index contributed by atoms with van der Waals surface area (Å²) in [6, 6.07) is 42.2. The molecule has 0 saturated carbocycles. The van der Waals surface area contributed by atoms with Gasteiger partial charge in [0, 0.05) is 60.1 Å². The molecule has 2 aliphatic heterocycles. The Bertz CT molecular complexity index is 2610. The van der Waals surface area contributed by atoms with Crippen LogP contribution in [-0.4, -0.2) is 15.9 Å². The Balaban J connectivity index is 1.47. The summed E-state index contributed by atoms with van der Waals surface area (Å²) in [4.78, 5) is 0. The van der Waals surface area contributed by atoms with Crippen molar-refractivity contribution >= 4 is 83.3 Å². The summed E-state index contributed by atoms with van der Waals surface area (Å²) in [7, 11) is 0. The van der Waals surface area contributed by atoms with Crippen LogP contribution in [0.4, 0.5) is 0 Å². The molecule has 2 aliphatic rings. The fraction of sp³-hybridized carbons (Fsp3) is 0. The van der Waals surface area contributed by atoms with Gasteiger partial charge in [0.15, 0.2) is 0 Å². The van der Waals surface area contributed by atoms with Crippen molar-refractivity contribution in [1.82, 2.24) is 9.05 Å². The summed E-state index contributed by atoms with van der Waals surface area (Å²) >= 11 is 0. The van der Waals surface area contributed by atoms with E-state index in [0.29, 0.717) is 0 Å². The van der Waals surface area contributed by atoms with E-state index < -0.39 is 0 Å². The third-order valence-corrected chi connectivity index (χ3v) is 9.50. The number of hydrogen-bond donors (Lipinski definition) is 0. The minimum absolute atomic E-state index is 0.00734. The summed E-state index contributed by atoms with van der Waals surface area (Å²) < 4.78 is 11.9. The van der Waals surface area contributed by atoms with Gasteiger partial charge in [-0.15, -0.1) is 0 Å². The summed E-state index contributed by atoms with van der Waals surface area (Å²) in [5.41, 5.74) is 13.5. The zero-order valence-electron chi connectivity index (χ0n) is 21.3. The van der Waals surface area contributed by atoms with E-state index in [9.17, 15) is 0 Å². The lowest BCUT2D eigenvalue weighted by Crippen LogP contribution is -2.55. The van der Waals surface area contributed by atoms with Crippen molar-refractivity contribution in [2.75, 3.05) is 0 Å². The van der Waals surface area contributed by atoms with Crippen molar-refractivity contribution < 1.29 is 4.42 Å². The predicted molar refractivity (Wildman–Crippen MR) is 167 cm³/mol. The van der Waals surface area contributed by atoms with Gasteiger partial charge in [-0.1, -0.05) is 84.9 Å². The van der Waals surface area contributed by atoms with Crippen molar-refractivity contribution in [1.29, 1.82) is 0 Å². The molecule has 0 spiro atoms. The second-order valence-corrected chi connectivity index (χ2v) is 11.2. The summed E-state index contributed by atoms with van der Waals surface area (Å²) in [6.45, 7) is -0.00734. The topological polar surface area (TPSA) is 23.0 Å². The summed E-state index contributed by atoms with van der Waals surface area (Å²) in [5.74, 6) is 0. The van der Waals surface area contributed by atoms with E-state index >= 15 is 0 Å². The van der Waals surface area contributed by atoms with Crippen LogP contribution in [0.3, 0.4) is 0 Å². The number of para-hydroxylation sites is 4. The molecule has 0 aliphatic carbocycles. The molecule has 0 bridgehead atoms. The largest absolute Gasteiger partial charge is 0.456 e. The van der Waals surface area contributed by atoms with E-state index in [1.54, 1.807) is 0 Å². The number of fused-ring (bicyclic) bond motifs is 15. The molecule has 0 unspecified atom stereocenters. The molecule has 182 valence electrons. The number of benzene rings is 6. The lowest BCUT2D eigenvalue weighted by Gasteiger charge is -2.33. The second-order valence-electron chi connectivity index (χ2n) is 11.2. The third kappa shape index (κ3) is 2.03. The second kappa shape index (κ2) is 6.49. The van der Waals surface area contributed by atoms with E-state index in [-0.39, 0.29) is 6.85 Å². The normalized spacial score (nSPS) is 13.4. The van der Waals surface area contributed by atoms with Gasteiger partial charge in [-0.3, -0.25) is 0 Å². The molecular formula is C36H19BN2O. The van der Waals surface area contributed by atoms with Gasteiger partial charge in [0.2, 0.25) is 0 Å². The smallest absolute Gasteiger partial charge is 0.337 e. The van der Waals surface area contributed by atoms with Gasteiger partial charge in [0.25, 0.3) is 0 Å². The highest BCUT2D eigenvalue weighted by Gasteiger charge is 2.43. The molecule has 0 radical (unpaired) electrons. The predicted octanol–water partition coefficient (Wildman–Crippen LogP) is 7.74. The zero-order chi connectivity index (χ0) is 25.7. The van der Waals surface area contributed by atoms with Crippen LogP contribution < -0.4 is 10.9 Å². The van der Waals surface area contributed by atoms with Gasteiger partial charge in [0.1, 0.15) is 11.2 Å². The monoisotopic (exact) mass is 506 g/mol. The van der Waals surface area contributed by atoms with Crippen molar-refractivity contribution in [2.24, 2.45) is 0 Å². The molecule has 0 fully saturated rings. The molecule has 40 heavy (non-hydrogen) atoms. The Kier molecular flexibility index (Phi) is 3.21. The van der Waals surface area contributed by atoms with E-state index in [4.69, 9.17) is 4.42 Å². The fourth-order valence-electron chi connectivity index (χ4n) is 8.04. The van der Waals surface area contributed by atoms with Crippen LogP contribution in [0.1, 0.15) is 0 Å². The summed E-state index contributed by atoms with van der Waals surface area (Å²) in [6.07, 6.45) is 0. The van der Waals surface area contributed by atoms with Crippen LogP contribution in [0.5, 0.6) is 0 Å². The van der Waals surface area contributed by atoms with Crippen molar-refractivity contribution in [3.63, 3.8) is 0 Å². The van der Waals surface area contributed by atoms with Gasteiger partial charge in [0.05, 0.1) is 11.0 Å². The SMILES string of the molecule is c1ccc2c(c1)oc1c3c(ccc12)-n1c2ccccc2c2ccc4c(c21)B3n1c2ccccc2c2cccc-4c21. The molecule has 0 saturated heterocycles. The van der Waals surface area contributed by atoms with E-state index in [0.717, 1.165) is 11.2 Å². The maximum atomic E-state index is 6.79. The van der Waals surface area contributed by atoms with Crippen LogP contribution in [0, 0.1) is 0 Å². The molecule has 3 aromatic heterocycles. The first-order valence-corrected chi connectivity index (χ1v) is 13.9. The Labute approximate surface area is 228 Å². The zero-order valence-corrected chi connectivity index (χ0v) is 21.3. The minimum Gasteiger partial charge on any atom is -0.456 e. The average molecular weight is 506 g/mol. The molecule has 9 aromatic rings. The van der Waals surface area contributed by atoms with E-state index in [2.05, 4.69) is 124 Å². The van der Waals surface area contributed by atoms with Gasteiger partial charge < -0.3 is 13.5 Å². The number of hydrogen-bond acceptors (Lipinski definition) is 1. The van der Waals surface area contributed by atoms with Crippen molar-refractivity contribution in [3.05, 3.63) is 115 Å². The molecule has 5 heterocycles. The highest BCUT2D eigenvalue weighted by atomic mass is 16.3. The van der Waals surface area contributed by atoms with E-state index in [1.165, 1.54) is 82.1 Å². The quantitative estimate of drug-likeness (QED) is 0.193. The fourth-order valence-corrected chi connectivity index (χ4v) is 8.04. The molecular weight excluding hydrogens is 487 g/mol. The first-order valence-electron chi connectivity index (χ1n) is 13.9. The standard InChI is InChI=1S/C36H19BN2O/c1-4-13-28-20(8-1)26-17-16-23-25-12-7-11-24-21-9-2-5-14-29(21)39(34(24)25)37-32(23)35(26)38(28)30-19-18-27-22-10-3-6-15-31(22)40-36(27)33(30)37/h1-19H. The third-order valence-electron chi connectivity index (χ3n) is 9.50. The first kappa shape index (κ1) is 19.8. The lowest BCUT2D eigenvalue weighted by atomic mass is 9.45. The lowest BCUT2D eigenvalue weighted by molar-refractivity contribution is 0.671. The van der Waals surface area contributed by atoms with Crippen LogP contribution in [0.15, 0.2) is 120 Å². The first-order chi connectivity index (χ1) is 19.9. The van der Waals surface area contributed by atoms with Crippen molar-refractivity contribution in [2.45, 2.75) is 0 Å². The van der Waals surface area contributed by atoms with Gasteiger partial charge in [-0.25, -0.2) is 0 Å². The Hall–Kier alpha value is -5.22. The molecule has 4 heteroatoms. The molecule has 11 rings (SSSR count). The Morgan fingerprint density at radius 2 is 1.18 bits per heavy atom. The number of nitrogens with zero attached hydrogens (tertiary/aromatic N) is 2. The van der Waals surface area contributed by atoms with Crippen molar-refractivity contribution in [3.8, 4) is 16.8 Å². The number of rotatable bonds is 0. The van der Waals surface area contributed by atoms with Crippen LogP contribution in [-0.2, 0) is 0 Å². The maximum Gasteiger partial charge on any atom is 0.337 e. The highest BCUT2D eigenvalue weighted by Crippen LogP contribution is 2.44. The summed E-state index contributed by atoms with van der Waals surface area (Å²) in [5, 5.41) is 7.55. The van der Waals surface area contributed by atoms with Gasteiger partial charge in [-0.2, -0.15) is 0 Å². The Morgan fingerprint density at radius 1 is 0.475 bits per heavy atom.